The molecule has 116 valence electrons. The summed E-state index contributed by atoms with van der Waals surface area (Å²) in [4.78, 5) is 20.8. The second-order valence-electron chi connectivity index (χ2n) is 5.47. The van der Waals surface area contributed by atoms with E-state index in [-0.39, 0.29) is 11.4 Å². The molecule has 0 aliphatic heterocycles. The van der Waals surface area contributed by atoms with Gasteiger partial charge in [0.05, 0.1) is 6.61 Å². The van der Waals surface area contributed by atoms with E-state index in [0.717, 1.165) is 18.9 Å². The molecule has 20 heavy (non-hydrogen) atoms. The highest BCUT2D eigenvalue weighted by atomic mass is 16.5. The predicted molar refractivity (Wildman–Crippen MR) is 81.5 cm³/mol. The molecule has 1 N–H and O–H groups in total. The number of aliphatic carboxylic acids is 1. The van der Waals surface area contributed by atoms with Crippen molar-refractivity contribution in [3.63, 3.8) is 0 Å². The maximum atomic E-state index is 11.5. The predicted octanol–water partition coefficient (Wildman–Crippen LogP) is 3.97. The Hall–Kier alpha value is -1.58. The van der Waals surface area contributed by atoms with Crippen molar-refractivity contribution in [1.29, 1.82) is 0 Å². The number of carboxylic acids is 1. The van der Waals surface area contributed by atoms with Gasteiger partial charge in [-0.15, -0.1) is 0 Å². The SMILES string of the molecule is C=C(C(=O)OCCCCCC)C(C)(C)C.C=CC(=O)O. The highest BCUT2D eigenvalue weighted by molar-refractivity contribution is 5.88. The summed E-state index contributed by atoms with van der Waals surface area (Å²) >= 11 is 0. The smallest absolute Gasteiger partial charge is 0.333 e. The third kappa shape index (κ3) is 12.9. The minimum absolute atomic E-state index is 0.194. The van der Waals surface area contributed by atoms with Crippen LogP contribution in [0.3, 0.4) is 0 Å². The standard InChI is InChI=1S/C13H24O2.C3H4O2/c1-6-7-8-9-10-15-12(14)11(2)13(3,4)5;1-2-3(4)5/h2,6-10H2,1,3-5H3;2H,1H2,(H,4,5). The molecule has 4 nitrogen and oxygen atoms in total. The van der Waals surface area contributed by atoms with Crippen LogP contribution in [0.15, 0.2) is 24.8 Å². The molecule has 0 bridgehead atoms. The van der Waals surface area contributed by atoms with Crippen molar-refractivity contribution in [2.75, 3.05) is 6.61 Å². The molecule has 0 saturated carbocycles. The van der Waals surface area contributed by atoms with Gasteiger partial charge in [-0.2, -0.15) is 0 Å². The van der Waals surface area contributed by atoms with Crippen LogP contribution in [0, 0.1) is 5.41 Å². The Labute approximate surface area is 122 Å². The Morgan fingerprint density at radius 3 is 2.05 bits per heavy atom. The lowest BCUT2D eigenvalue weighted by atomic mass is 9.88. The van der Waals surface area contributed by atoms with Crippen LogP contribution in [-0.2, 0) is 14.3 Å². The van der Waals surface area contributed by atoms with Crippen LogP contribution in [-0.4, -0.2) is 23.7 Å². The van der Waals surface area contributed by atoms with Gasteiger partial charge < -0.3 is 9.84 Å². The lowest BCUT2D eigenvalue weighted by molar-refractivity contribution is -0.140. The zero-order valence-corrected chi connectivity index (χ0v) is 13.2. The first kappa shape index (κ1) is 20.7. The molecule has 0 unspecified atom stereocenters. The van der Waals surface area contributed by atoms with E-state index in [1.54, 1.807) is 0 Å². The molecule has 0 aromatic heterocycles. The van der Waals surface area contributed by atoms with Crippen LogP contribution in [0.2, 0.25) is 0 Å². The molecule has 0 aliphatic carbocycles. The van der Waals surface area contributed by atoms with Gasteiger partial charge in [0.1, 0.15) is 0 Å². The number of unbranched alkanes of at least 4 members (excludes halogenated alkanes) is 3. The zero-order valence-electron chi connectivity index (χ0n) is 13.2. The maximum Gasteiger partial charge on any atom is 0.333 e. The van der Waals surface area contributed by atoms with Crippen molar-refractivity contribution in [2.45, 2.75) is 53.4 Å². The summed E-state index contributed by atoms with van der Waals surface area (Å²) in [6, 6.07) is 0. The van der Waals surface area contributed by atoms with E-state index in [4.69, 9.17) is 9.84 Å². The molecule has 0 aromatic carbocycles. The summed E-state index contributed by atoms with van der Waals surface area (Å²) < 4.78 is 5.14. The second-order valence-corrected chi connectivity index (χ2v) is 5.47. The molecular weight excluding hydrogens is 256 g/mol. The Bertz CT molecular complexity index is 324. The van der Waals surface area contributed by atoms with Crippen LogP contribution in [0.1, 0.15) is 53.4 Å². The molecule has 0 saturated heterocycles. The van der Waals surface area contributed by atoms with E-state index in [1.807, 2.05) is 20.8 Å². The van der Waals surface area contributed by atoms with Crippen LogP contribution in [0.5, 0.6) is 0 Å². The minimum atomic E-state index is -0.981. The average molecular weight is 284 g/mol. The number of rotatable bonds is 7. The molecule has 0 heterocycles. The highest BCUT2D eigenvalue weighted by Crippen LogP contribution is 2.24. The average Bonchev–Trinajstić information content (AvgIpc) is 2.36. The Morgan fingerprint density at radius 2 is 1.70 bits per heavy atom. The van der Waals surface area contributed by atoms with Crippen LogP contribution < -0.4 is 0 Å². The zero-order chi connectivity index (χ0) is 16.2. The number of carboxylic acid groups (broad SMARTS) is 1. The Morgan fingerprint density at radius 1 is 1.20 bits per heavy atom. The maximum absolute atomic E-state index is 11.5. The lowest BCUT2D eigenvalue weighted by Crippen LogP contribution is -2.19. The minimum Gasteiger partial charge on any atom is -0.478 e. The van der Waals surface area contributed by atoms with Gasteiger partial charge in [0.15, 0.2) is 0 Å². The quantitative estimate of drug-likeness (QED) is 0.436. The van der Waals surface area contributed by atoms with Crippen molar-refractivity contribution < 1.29 is 19.4 Å². The molecule has 0 spiro atoms. The van der Waals surface area contributed by atoms with E-state index >= 15 is 0 Å². The summed E-state index contributed by atoms with van der Waals surface area (Å²) in [6.45, 7) is 15.3. The number of hydrogen-bond acceptors (Lipinski definition) is 3. The number of hydrogen-bond donors (Lipinski definition) is 1. The van der Waals surface area contributed by atoms with Crippen molar-refractivity contribution in [1.82, 2.24) is 0 Å². The van der Waals surface area contributed by atoms with Gasteiger partial charge in [-0.1, -0.05) is 60.1 Å². The van der Waals surface area contributed by atoms with E-state index in [2.05, 4.69) is 20.1 Å². The van der Waals surface area contributed by atoms with Gasteiger partial charge in [-0.05, 0) is 11.8 Å². The first-order valence-electron chi connectivity index (χ1n) is 6.88. The van der Waals surface area contributed by atoms with E-state index < -0.39 is 5.97 Å². The number of carbonyl (C=O) groups excluding carboxylic acids is 1. The largest absolute Gasteiger partial charge is 0.478 e. The molecule has 0 fully saturated rings. The number of carbonyl (C=O) groups is 2. The molecular formula is C16H28O4. The molecule has 0 aliphatic rings. The highest BCUT2D eigenvalue weighted by Gasteiger charge is 2.22. The lowest BCUT2D eigenvalue weighted by Gasteiger charge is -2.19. The molecule has 0 aromatic rings. The Balaban J connectivity index is 0. The first-order valence-corrected chi connectivity index (χ1v) is 6.88. The third-order valence-electron chi connectivity index (χ3n) is 2.56. The van der Waals surface area contributed by atoms with E-state index in [9.17, 15) is 9.59 Å². The molecule has 0 rings (SSSR count). The summed E-state index contributed by atoms with van der Waals surface area (Å²) in [6.07, 6.45) is 5.32. The topological polar surface area (TPSA) is 63.6 Å². The van der Waals surface area contributed by atoms with Crippen molar-refractivity contribution >= 4 is 11.9 Å². The van der Waals surface area contributed by atoms with Gasteiger partial charge in [-0.3, -0.25) is 0 Å². The molecule has 0 atom stereocenters. The van der Waals surface area contributed by atoms with Crippen molar-refractivity contribution in [3.8, 4) is 0 Å². The second kappa shape index (κ2) is 11.3. The fourth-order valence-corrected chi connectivity index (χ4v) is 1.09. The summed E-state index contributed by atoms with van der Waals surface area (Å²) in [5.74, 6) is -1.23. The van der Waals surface area contributed by atoms with Gasteiger partial charge in [-0.25, -0.2) is 9.59 Å². The van der Waals surface area contributed by atoms with E-state index in [0.29, 0.717) is 12.2 Å². The van der Waals surface area contributed by atoms with Crippen molar-refractivity contribution in [2.24, 2.45) is 5.41 Å². The fraction of sp³-hybridized carbons (Fsp3) is 0.625. The number of ether oxygens (including phenoxy) is 1. The number of esters is 1. The molecule has 4 heteroatoms. The normalized spacial score (nSPS) is 10.0. The van der Waals surface area contributed by atoms with Crippen LogP contribution in [0.4, 0.5) is 0 Å². The van der Waals surface area contributed by atoms with Crippen LogP contribution >= 0.6 is 0 Å². The molecule has 0 amide bonds. The Kier molecular flexibility index (Phi) is 11.7. The van der Waals surface area contributed by atoms with Gasteiger partial charge in [0, 0.05) is 11.6 Å². The van der Waals surface area contributed by atoms with E-state index in [1.165, 1.54) is 12.8 Å². The summed E-state index contributed by atoms with van der Waals surface area (Å²) in [5.41, 5.74) is 0.360. The van der Waals surface area contributed by atoms with Crippen LogP contribution in [0.25, 0.3) is 0 Å². The van der Waals surface area contributed by atoms with Gasteiger partial charge >= 0.3 is 11.9 Å². The first-order chi connectivity index (χ1) is 9.16. The third-order valence-corrected chi connectivity index (χ3v) is 2.56. The van der Waals surface area contributed by atoms with Gasteiger partial charge in [0.25, 0.3) is 0 Å². The van der Waals surface area contributed by atoms with Crippen molar-refractivity contribution in [3.05, 3.63) is 24.8 Å². The summed E-state index contributed by atoms with van der Waals surface area (Å²) in [7, 11) is 0. The monoisotopic (exact) mass is 284 g/mol. The molecule has 0 radical (unpaired) electrons. The summed E-state index contributed by atoms with van der Waals surface area (Å²) in [5, 5.41) is 7.60. The fourth-order valence-electron chi connectivity index (χ4n) is 1.09. The van der Waals surface area contributed by atoms with Gasteiger partial charge in [0.2, 0.25) is 0 Å².